The van der Waals surface area contributed by atoms with Gasteiger partial charge in [0.1, 0.15) is 5.75 Å². The third-order valence-corrected chi connectivity index (χ3v) is 6.63. The van der Waals surface area contributed by atoms with Gasteiger partial charge in [0.05, 0.1) is 12.0 Å². The fourth-order valence-corrected chi connectivity index (χ4v) is 4.72. The third kappa shape index (κ3) is 4.92. The first-order valence-electron chi connectivity index (χ1n) is 10.4. The highest BCUT2D eigenvalue weighted by molar-refractivity contribution is 7.89. The Hall–Kier alpha value is -3.62. The smallest absolute Gasteiger partial charge is 0.238 e. The molecular formula is C25H25N3O4S. The number of aromatic amines is 1. The lowest BCUT2D eigenvalue weighted by Gasteiger charge is -2.10. The van der Waals surface area contributed by atoms with Crippen LogP contribution in [-0.2, 0) is 21.2 Å². The lowest BCUT2D eigenvalue weighted by atomic mass is 10.0. The van der Waals surface area contributed by atoms with Crippen molar-refractivity contribution in [3.8, 4) is 17.0 Å². The van der Waals surface area contributed by atoms with Gasteiger partial charge in [-0.2, -0.15) is 0 Å². The van der Waals surface area contributed by atoms with Crippen LogP contribution in [0.3, 0.4) is 0 Å². The van der Waals surface area contributed by atoms with Crippen LogP contribution in [-0.4, -0.2) is 26.4 Å². The minimum atomic E-state index is -3.87. The average molecular weight is 464 g/mol. The molecule has 0 radical (unpaired) electrons. The standard InChI is InChI=1S/C25H25N3O4S/c1-16-7-10-18(15-23(16)33(26,30)31)27-24(29)14-13-21-20-5-3-4-6-22(20)28-25(21)17-8-11-19(32-2)12-9-17/h3-12,15,28H,13-14H2,1-2H3,(H,27,29)(H2,26,30,31). The molecule has 0 aliphatic rings. The highest BCUT2D eigenvalue weighted by Gasteiger charge is 2.16. The van der Waals surface area contributed by atoms with Gasteiger partial charge in [-0.3, -0.25) is 4.79 Å². The Kier molecular flexibility index (Phi) is 6.22. The van der Waals surface area contributed by atoms with Crippen molar-refractivity contribution >= 4 is 32.5 Å². The number of nitrogens with one attached hydrogen (secondary N) is 2. The van der Waals surface area contributed by atoms with Gasteiger partial charge < -0.3 is 15.0 Å². The second kappa shape index (κ2) is 9.09. The Morgan fingerprint density at radius 1 is 1.06 bits per heavy atom. The monoisotopic (exact) mass is 463 g/mol. The topological polar surface area (TPSA) is 114 Å². The number of aryl methyl sites for hydroxylation is 2. The number of amides is 1. The van der Waals surface area contributed by atoms with Crippen molar-refractivity contribution in [3.63, 3.8) is 0 Å². The average Bonchev–Trinajstić information content (AvgIpc) is 3.17. The quantitative estimate of drug-likeness (QED) is 0.377. The number of primary sulfonamides is 1. The van der Waals surface area contributed by atoms with Crippen molar-refractivity contribution < 1.29 is 17.9 Å². The maximum absolute atomic E-state index is 12.7. The summed E-state index contributed by atoms with van der Waals surface area (Å²) in [4.78, 5) is 16.2. The number of methoxy groups -OCH3 is 1. The maximum Gasteiger partial charge on any atom is 0.238 e. The number of carbonyl (C=O) groups excluding carboxylic acids is 1. The molecule has 8 heteroatoms. The summed E-state index contributed by atoms with van der Waals surface area (Å²) in [5.41, 5.74) is 4.91. The van der Waals surface area contributed by atoms with Crippen LogP contribution in [0.4, 0.5) is 5.69 Å². The van der Waals surface area contributed by atoms with E-state index in [2.05, 4.69) is 10.3 Å². The normalized spacial score (nSPS) is 11.5. The van der Waals surface area contributed by atoms with Gasteiger partial charge >= 0.3 is 0 Å². The van der Waals surface area contributed by atoms with E-state index >= 15 is 0 Å². The molecule has 3 aromatic carbocycles. The molecule has 0 bridgehead atoms. The number of hydrogen-bond donors (Lipinski definition) is 3. The highest BCUT2D eigenvalue weighted by atomic mass is 32.2. The van der Waals surface area contributed by atoms with Crippen LogP contribution in [0.15, 0.2) is 71.6 Å². The maximum atomic E-state index is 12.7. The minimum absolute atomic E-state index is 0.00118. The molecule has 0 saturated heterocycles. The summed E-state index contributed by atoms with van der Waals surface area (Å²) >= 11 is 0. The molecule has 170 valence electrons. The zero-order chi connectivity index (χ0) is 23.6. The number of nitrogens with two attached hydrogens (primary N) is 1. The summed E-state index contributed by atoms with van der Waals surface area (Å²) < 4.78 is 28.8. The molecule has 0 aliphatic carbocycles. The van der Waals surface area contributed by atoms with E-state index in [0.29, 0.717) is 17.7 Å². The Morgan fingerprint density at radius 3 is 2.48 bits per heavy atom. The molecule has 0 aliphatic heterocycles. The highest BCUT2D eigenvalue weighted by Crippen LogP contribution is 2.32. The molecular weight excluding hydrogens is 438 g/mol. The molecule has 1 aromatic heterocycles. The first-order valence-corrected chi connectivity index (χ1v) is 12.0. The molecule has 4 N–H and O–H groups in total. The number of rotatable bonds is 7. The van der Waals surface area contributed by atoms with Gasteiger partial charge in [-0.25, -0.2) is 13.6 Å². The molecule has 7 nitrogen and oxygen atoms in total. The minimum Gasteiger partial charge on any atom is -0.497 e. The fourth-order valence-electron chi connectivity index (χ4n) is 3.91. The molecule has 4 aromatic rings. The van der Waals surface area contributed by atoms with Crippen LogP contribution in [0.5, 0.6) is 5.75 Å². The number of benzene rings is 3. The van der Waals surface area contributed by atoms with E-state index in [-0.39, 0.29) is 17.2 Å². The number of sulfonamides is 1. The fraction of sp³-hybridized carbons (Fsp3) is 0.160. The van der Waals surface area contributed by atoms with Crippen molar-refractivity contribution in [3.05, 3.63) is 77.9 Å². The van der Waals surface area contributed by atoms with Crippen LogP contribution in [0, 0.1) is 6.92 Å². The number of para-hydroxylation sites is 1. The van der Waals surface area contributed by atoms with Gasteiger partial charge in [0, 0.05) is 28.7 Å². The van der Waals surface area contributed by atoms with Crippen LogP contribution in [0.1, 0.15) is 17.5 Å². The van der Waals surface area contributed by atoms with Crippen LogP contribution >= 0.6 is 0 Å². The van der Waals surface area contributed by atoms with Crippen LogP contribution < -0.4 is 15.2 Å². The number of hydrogen-bond acceptors (Lipinski definition) is 4. The lowest BCUT2D eigenvalue weighted by Crippen LogP contribution is -2.16. The van der Waals surface area contributed by atoms with Crippen molar-refractivity contribution in [2.75, 3.05) is 12.4 Å². The van der Waals surface area contributed by atoms with E-state index in [9.17, 15) is 13.2 Å². The lowest BCUT2D eigenvalue weighted by molar-refractivity contribution is -0.116. The van der Waals surface area contributed by atoms with Crippen molar-refractivity contribution in [1.82, 2.24) is 4.98 Å². The third-order valence-electron chi connectivity index (χ3n) is 5.57. The van der Waals surface area contributed by atoms with Gasteiger partial charge in [-0.05, 0) is 72.5 Å². The molecule has 1 heterocycles. The van der Waals surface area contributed by atoms with E-state index in [4.69, 9.17) is 9.88 Å². The number of anilines is 1. The van der Waals surface area contributed by atoms with Crippen LogP contribution in [0.2, 0.25) is 0 Å². The predicted octanol–water partition coefficient (Wildman–Crippen LogP) is 4.37. The number of fused-ring (bicyclic) bond motifs is 1. The summed E-state index contributed by atoms with van der Waals surface area (Å²) in [7, 11) is -2.24. The molecule has 0 saturated carbocycles. The van der Waals surface area contributed by atoms with Gasteiger partial charge in [0.15, 0.2) is 0 Å². The zero-order valence-corrected chi connectivity index (χ0v) is 19.2. The first-order chi connectivity index (χ1) is 15.8. The molecule has 33 heavy (non-hydrogen) atoms. The van der Waals surface area contributed by atoms with Crippen LogP contribution in [0.25, 0.3) is 22.2 Å². The molecule has 4 rings (SSSR count). The van der Waals surface area contributed by atoms with Gasteiger partial charge in [0.25, 0.3) is 0 Å². The van der Waals surface area contributed by atoms with Gasteiger partial charge in [0.2, 0.25) is 15.9 Å². The Morgan fingerprint density at radius 2 is 1.79 bits per heavy atom. The molecule has 0 atom stereocenters. The molecule has 0 spiro atoms. The summed E-state index contributed by atoms with van der Waals surface area (Å²) in [6, 6.07) is 20.4. The summed E-state index contributed by atoms with van der Waals surface area (Å²) in [6.45, 7) is 1.66. The number of carbonyl (C=O) groups is 1. The van der Waals surface area contributed by atoms with Gasteiger partial charge in [-0.15, -0.1) is 0 Å². The second-order valence-corrected chi connectivity index (χ2v) is 9.36. The Balaban J connectivity index is 1.57. The number of aromatic nitrogens is 1. The van der Waals surface area contributed by atoms with E-state index in [1.807, 2.05) is 48.5 Å². The van der Waals surface area contributed by atoms with Gasteiger partial charge in [-0.1, -0.05) is 24.3 Å². The van der Waals surface area contributed by atoms with E-state index in [0.717, 1.165) is 33.5 Å². The molecule has 1 amide bonds. The van der Waals surface area contributed by atoms with Crippen molar-refractivity contribution in [1.29, 1.82) is 0 Å². The second-order valence-electron chi connectivity index (χ2n) is 7.83. The molecule has 0 fully saturated rings. The van der Waals surface area contributed by atoms with Crippen molar-refractivity contribution in [2.24, 2.45) is 5.14 Å². The summed E-state index contributed by atoms with van der Waals surface area (Å²) in [5, 5.41) is 9.11. The Bertz CT molecular complexity index is 1420. The number of ether oxygens (including phenoxy) is 1. The zero-order valence-electron chi connectivity index (χ0n) is 18.4. The summed E-state index contributed by atoms with van der Waals surface area (Å²) in [6.07, 6.45) is 0.731. The van der Waals surface area contributed by atoms with E-state index in [1.165, 1.54) is 6.07 Å². The summed E-state index contributed by atoms with van der Waals surface area (Å²) in [5.74, 6) is 0.554. The van der Waals surface area contributed by atoms with Crippen molar-refractivity contribution in [2.45, 2.75) is 24.7 Å². The SMILES string of the molecule is COc1ccc(-c2[nH]c3ccccc3c2CCC(=O)Nc2ccc(C)c(S(N)(=O)=O)c2)cc1. The predicted molar refractivity (Wildman–Crippen MR) is 130 cm³/mol. The van der Waals surface area contributed by atoms with E-state index < -0.39 is 10.0 Å². The number of H-pyrrole nitrogens is 1. The largest absolute Gasteiger partial charge is 0.497 e. The molecule has 0 unspecified atom stereocenters. The van der Waals surface area contributed by atoms with E-state index in [1.54, 1.807) is 26.2 Å². The Labute approximate surface area is 192 Å². The first kappa shape index (κ1) is 22.6.